The Hall–Kier alpha value is -3.13. The molecule has 2 N–H and O–H groups in total. The zero-order chi connectivity index (χ0) is 22.7. The topological polar surface area (TPSA) is 103 Å². The molecule has 0 spiro atoms. The van der Waals surface area contributed by atoms with Crippen LogP contribution in [0.25, 0.3) is 21.7 Å². The Kier molecular flexibility index (Phi) is 6.80. The molecule has 31 heavy (non-hydrogen) atoms. The van der Waals surface area contributed by atoms with Crippen molar-refractivity contribution < 1.29 is 19.4 Å². The molecule has 1 aromatic carbocycles. The first-order valence-corrected chi connectivity index (χ1v) is 10.2. The van der Waals surface area contributed by atoms with Gasteiger partial charge in [-0.15, -0.1) is 0 Å². The summed E-state index contributed by atoms with van der Waals surface area (Å²) in [4.78, 5) is 28.4. The number of aryl methyl sites for hydroxylation is 2. The number of carboxylic acid groups (broad SMARTS) is 1. The van der Waals surface area contributed by atoms with E-state index in [4.69, 9.17) is 14.6 Å². The molecule has 2 heterocycles. The number of carbonyl (C=O) groups is 1. The van der Waals surface area contributed by atoms with Crippen molar-refractivity contribution in [2.75, 3.05) is 13.7 Å². The number of nitrogens with zero attached hydrogens (tertiary/aromatic N) is 2. The molecular weight excluding hydrogens is 398 g/mol. The third-order valence-corrected chi connectivity index (χ3v) is 5.31. The Labute approximate surface area is 180 Å². The predicted molar refractivity (Wildman–Crippen MR) is 120 cm³/mol. The fourth-order valence-electron chi connectivity index (χ4n) is 3.95. The van der Waals surface area contributed by atoms with Gasteiger partial charge in [0.05, 0.1) is 29.2 Å². The smallest absolute Gasteiger partial charge is 0.404 e. The van der Waals surface area contributed by atoms with E-state index in [9.17, 15) is 9.59 Å². The highest BCUT2D eigenvalue weighted by molar-refractivity contribution is 6.06. The standard InChI is InChI=1S/C23H29N3O5/c1-13(2)8-16(25-23(28)29)12-31-20-10-19-18(9-15(20)11-30-5)17-6-7-24-14(3)21(17)22(27)26(19)4/h6-7,9-10,13,16,25H,8,11-12H2,1-5H3,(H,28,29). The van der Waals surface area contributed by atoms with Gasteiger partial charge in [-0.3, -0.25) is 9.78 Å². The van der Waals surface area contributed by atoms with Crippen molar-refractivity contribution >= 4 is 27.8 Å². The van der Waals surface area contributed by atoms with E-state index < -0.39 is 6.09 Å². The molecular formula is C23H29N3O5. The van der Waals surface area contributed by atoms with Crippen LogP contribution in [0.15, 0.2) is 29.2 Å². The third kappa shape index (κ3) is 4.80. The number of pyridine rings is 2. The molecule has 0 aliphatic heterocycles. The number of fused-ring (bicyclic) bond motifs is 3. The average molecular weight is 428 g/mol. The molecule has 166 valence electrons. The van der Waals surface area contributed by atoms with Crippen molar-refractivity contribution in [3.63, 3.8) is 0 Å². The van der Waals surface area contributed by atoms with E-state index in [2.05, 4.69) is 10.3 Å². The zero-order valence-corrected chi connectivity index (χ0v) is 18.6. The van der Waals surface area contributed by atoms with E-state index in [1.54, 1.807) is 24.9 Å². The highest BCUT2D eigenvalue weighted by Crippen LogP contribution is 2.31. The molecule has 1 amide bonds. The van der Waals surface area contributed by atoms with E-state index in [-0.39, 0.29) is 18.2 Å². The lowest BCUT2D eigenvalue weighted by molar-refractivity contribution is 0.169. The van der Waals surface area contributed by atoms with Crippen LogP contribution in [0.3, 0.4) is 0 Å². The molecule has 2 aromatic heterocycles. The second-order valence-electron chi connectivity index (χ2n) is 8.18. The minimum absolute atomic E-state index is 0.122. The molecule has 0 fully saturated rings. The van der Waals surface area contributed by atoms with Crippen LogP contribution in [-0.4, -0.2) is 40.5 Å². The van der Waals surface area contributed by atoms with Crippen LogP contribution >= 0.6 is 0 Å². The minimum Gasteiger partial charge on any atom is -0.491 e. The molecule has 0 bridgehead atoms. The van der Waals surface area contributed by atoms with Crippen molar-refractivity contribution in [1.29, 1.82) is 0 Å². The SMILES string of the molecule is COCc1cc2c3ccnc(C)c3c(=O)n(C)c2cc1OCC(CC(C)C)NC(=O)O. The lowest BCUT2D eigenvalue weighted by Crippen LogP contribution is -2.39. The summed E-state index contributed by atoms with van der Waals surface area (Å²) in [7, 11) is 3.33. The molecule has 0 saturated carbocycles. The number of hydrogen-bond donors (Lipinski definition) is 2. The normalized spacial score (nSPS) is 12.5. The number of hydrogen-bond acceptors (Lipinski definition) is 5. The van der Waals surface area contributed by atoms with E-state index in [0.29, 0.717) is 35.8 Å². The molecule has 8 nitrogen and oxygen atoms in total. The van der Waals surface area contributed by atoms with Crippen LogP contribution in [0, 0.1) is 12.8 Å². The van der Waals surface area contributed by atoms with Gasteiger partial charge >= 0.3 is 6.09 Å². The monoisotopic (exact) mass is 427 g/mol. The Morgan fingerprint density at radius 2 is 2.03 bits per heavy atom. The highest BCUT2D eigenvalue weighted by Gasteiger charge is 2.18. The first-order valence-electron chi connectivity index (χ1n) is 10.2. The van der Waals surface area contributed by atoms with Gasteiger partial charge in [0.1, 0.15) is 12.4 Å². The number of rotatable bonds is 8. The van der Waals surface area contributed by atoms with Gasteiger partial charge in [-0.25, -0.2) is 4.79 Å². The third-order valence-electron chi connectivity index (χ3n) is 5.31. The summed E-state index contributed by atoms with van der Waals surface area (Å²) in [5.41, 5.74) is 2.11. The molecule has 0 radical (unpaired) electrons. The Balaban J connectivity index is 2.10. The molecule has 3 aromatic rings. The van der Waals surface area contributed by atoms with E-state index in [1.807, 2.05) is 39.0 Å². The van der Waals surface area contributed by atoms with Crippen LogP contribution in [0.1, 0.15) is 31.5 Å². The second kappa shape index (κ2) is 9.34. The molecule has 0 aliphatic rings. The number of ether oxygens (including phenoxy) is 2. The van der Waals surface area contributed by atoms with Gasteiger partial charge in [-0.2, -0.15) is 0 Å². The molecule has 0 saturated heterocycles. The van der Waals surface area contributed by atoms with Gasteiger partial charge in [-0.05, 0) is 36.8 Å². The summed E-state index contributed by atoms with van der Waals surface area (Å²) >= 11 is 0. The van der Waals surface area contributed by atoms with Crippen LogP contribution < -0.4 is 15.6 Å². The largest absolute Gasteiger partial charge is 0.491 e. The lowest BCUT2D eigenvalue weighted by Gasteiger charge is -2.21. The molecule has 0 aliphatic carbocycles. The van der Waals surface area contributed by atoms with Crippen LogP contribution in [0.4, 0.5) is 4.79 Å². The first-order chi connectivity index (χ1) is 14.7. The number of benzene rings is 1. The molecule has 1 atom stereocenters. The van der Waals surface area contributed by atoms with E-state index in [1.165, 1.54) is 0 Å². The quantitative estimate of drug-likeness (QED) is 0.533. The van der Waals surface area contributed by atoms with Gasteiger partial charge in [0, 0.05) is 37.4 Å². The van der Waals surface area contributed by atoms with Crippen molar-refractivity contribution in [2.24, 2.45) is 13.0 Å². The number of methoxy groups -OCH3 is 1. The number of aromatic nitrogens is 2. The Morgan fingerprint density at radius 3 is 2.68 bits per heavy atom. The molecule has 1 unspecified atom stereocenters. The predicted octanol–water partition coefficient (Wildman–Crippen LogP) is 3.60. The number of amides is 1. The van der Waals surface area contributed by atoms with Gasteiger partial charge in [0.15, 0.2) is 0 Å². The maximum absolute atomic E-state index is 13.0. The maximum atomic E-state index is 13.0. The summed E-state index contributed by atoms with van der Waals surface area (Å²) in [5, 5.41) is 14.0. The van der Waals surface area contributed by atoms with Gasteiger partial charge < -0.3 is 24.5 Å². The Bertz CT molecular complexity index is 1170. The minimum atomic E-state index is -1.08. The van der Waals surface area contributed by atoms with E-state index >= 15 is 0 Å². The second-order valence-corrected chi connectivity index (χ2v) is 8.18. The summed E-state index contributed by atoms with van der Waals surface area (Å²) in [6.07, 6.45) is 1.27. The lowest BCUT2D eigenvalue weighted by atomic mass is 10.0. The van der Waals surface area contributed by atoms with Crippen LogP contribution in [-0.2, 0) is 18.4 Å². The average Bonchev–Trinajstić information content (AvgIpc) is 2.69. The van der Waals surface area contributed by atoms with Crippen molar-refractivity contribution in [2.45, 2.75) is 39.8 Å². The van der Waals surface area contributed by atoms with Gasteiger partial charge in [0.25, 0.3) is 5.56 Å². The fraction of sp³-hybridized carbons (Fsp3) is 0.435. The Morgan fingerprint density at radius 1 is 1.29 bits per heavy atom. The maximum Gasteiger partial charge on any atom is 0.404 e. The van der Waals surface area contributed by atoms with Crippen LogP contribution in [0.5, 0.6) is 5.75 Å². The first kappa shape index (κ1) is 22.6. The highest BCUT2D eigenvalue weighted by atomic mass is 16.5. The summed E-state index contributed by atoms with van der Waals surface area (Å²) in [5.74, 6) is 0.870. The summed E-state index contributed by atoms with van der Waals surface area (Å²) < 4.78 is 13.0. The number of nitrogens with one attached hydrogen (secondary N) is 1. The fourth-order valence-corrected chi connectivity index (χ4v) is 3.95. The molecule has 8 heteroatoms. The summed E-state index contributed by atoms with van der Waals surface area (Å²) in [6.45, 7) is 6.38. The van der Waals surface area contributed by atoms with Gasteiger partial charge in [-0.1, -0.05) is 13.8 Å². The van der Waals surface area contributed by atoms with Crippen molar-refractivity contribution in [1.82, 2.24) is 14.9 Å². The van der Waals surface area contributed by atoms with Gasteiger partial charge in [0.2, 0.25) is 0 Å². The van der Waals surface area contributed by atoms with E-state index in [0.717, 1.165) is 21.9 Å². The van der Waals surface area contributed by atoms with Crippen LogP contribution in [0.2, 0.25) is 0 Å². The zero-order valence-electron chi connectivity index (χ0n) is 18.6. The summed E-state index contributed by atoms with van der Waals surface area (Å²) in [6, 6.07) is 5.29. The van der Waals surface area contributed by atoms with Crippen molar-refractivity contribution in [3.05, 3.63) is 46.0 Å². The van der Waals surface area contributed by atoms with Crippen molar-refractivity contribution in [3.8, 4) is 5.75 Å². The molecule has 3 rings (SSSR count).